The fourth-order valence-corrected chi connectivity index (χ4v) is 5.19. The molecule has 2 aromatic rings. The number of piperazine rings is 1. The number of aryl methyl sites for hydroxylation is 1. The molecule has 0 spiro atoms. The summed E-state index contributed by atoms with van der Waals surface area (Å²) in [6.45, 7) is 12.4. The molecule has 0 atom stereocenters. The van der Waals surface area contributed by atoms with Gasteiger partial charge in [-0.3, -0.25) is 9.69 Å². The Bertz CT molecular complexity index is 1010. The zero-order valence-electron chi connectivity index (χ0n) is 20.0. The van der Waals surface area contributed by atoms with Crippen molar-refractivity contribution in [1.82, 2.24) is 14.5 Å². The molecule has 33 heavy (non-hydrogen) atoms. The molecule has 0 aliphatic carbocycles. The maximum Gasteiger partial charge on any atom is 0.253 e. The fourth-order valence-electron chi connectivity index (χ4n) is 4.12. The van der Waals surface area contributed by atoms with Crippen LogP contribution in [0.25, 0.3) is 0 Å². The van der Waals surface area contributed by atoms with E-state index in [2.05, 4.69) is 45.7 Å². The van der Waals surface area contributed by atoms with Crippen molar-refractivity contribution in [2.75, 3.05) is 57.3 Å². The lowest BCUT2D eigenvalue weighted by Crippen LogP contribution is -2.47. The van der Waals surface area contributed by atoms with E-state index in [1.807, 2.05) is 13.8 Å². The average Bonchev–Trinajstić information content (AvgIpc) is 2.83. The quantitative estimate of drug-likeness (QED) is 0.538. The monoisotopic (exact) mass is 472 g/mol. The van der Waals surface area contributed by atoms with E-state index in [9.17, 15) is 13.2 Å². The predicted molar refractivity (Wildman–Crippen MR) is 133 cm³/mol. The molecule has 0 radical (unpaired) electrons. The Hall–Kier alpha value is -2.42. The molecule has 0 unspecified atom stereocenters. The summed E-state index contributed by atoms with van der Waals surface area (Å²) in [4.78, 5) is 19.1. The number of benzene rings is 2. The molecule has 0 bridgehead atoms. The van der Waals surface area contributed by atoms with Crippen LogP contribution in [0.4, 0.5) is 5.69 Å². The van der Waals surface area contributed by atoms with Crippen molar-refractivity contribution in [3.05, 3.63) is 59.7 Å². The second-order valence-electron chi connectivity index (χ2n) is 8.42. The summed E-state index contributed by atoms with van der Waals surface area (Å²) in [7, 11) is -3.59. The molecule has 1 aliphatic rings. The van der Waals surface area contributed by atoms with Gasteiger partial charge < -0.3 is 9.80 Å². The minimum absolute atomic E-state index is 0.0839. The minimum atomic E-state index is -3.59. The lowest BCUT2D eigenvalue weighted by atomic mass is 10.2. The highest BCUT2D eigenvalue weighted by atomic mass is 32.2. The summed E-state index contributed by atoms with van der Waals surface area (Å²) in [6.07, 6.45) is 0.752. The smallest absolute Gasteiger partial charge is 0.253 e. The van der Waals surface area contributed by atoms with Crippen LogP contribution >= 0.6 is 0 Å². The van der Waals surface area contributed by atoms with Gasteiger partial charge in [-0.25, -0.2) is 13.1 Å². The number of nitrogens with one attached hydrogen (secondary N) is 1. The van der Waals surface area contributed by atoms with Gasteiger partial charge in [0.15, 0.2) is 0 Å². The second-order valence-corrected chi connectivity index (χ2v) is 10.2. The van der Waals surface area contributed by atoms with Crippen molar-refractivity contribution < 1.29 is 13.2 Å². The van der Waals surface area contributed by atoms with E-state index in [0.717, 1.165) is 39.1 Å². The van der Waals surface area contributed by atoms with Crippen molar-refractivity contribution in [2.45, 2.75) is 32.1 Å². The summed E-state index contributed by atoms with van der Waals surface area (Å²) in [5, 5.41) is 0. The van der Waals surface area contributed by atoms with Crippen LogP contribution in [0.15, 0.2) is 53.4 Å². The molecule has 1 fully saturated rings. The van der Waals surface area contributed by atoms with E-state index in [1.165, 1.54) is 23.4 Å². The van der Waals surface area contributed by atoms with Crippen LogP contribution in [0.2, 0.25) is 0 Å². The van der Waals surface area contributed by atoms with Crippen molar-refractivity contribution >= 4 is 21.6 Å². The number of amides is 1. The standard InChI is InChI=1S/C25H36N4O3S/c1-4-28(5-2)25(30)22-10-12-24(13-11-22)33(31,32)26-14-7-15-27-16-18-29(19-17-27)23-9-6-8-21(3)20-23/h6,8-13,20,26H,4-5,7,14-19H2,1-3H3. The van der Waals surface area contributed by atoms with Crippen molar-refractivity contribution in [2.24, 2.45) is 0 Å². The van der Waals surface area contributed by atoms with Gasteiger partial charge in [-0.1, -0.05) is 12.1 Å². The predicted octanol–water partition coefficient (Wildman–Crippen LogP) is 2.97. The van der Waals surface area contributed by atoms with Crippen molar-refractivity contribution in [3.8, 4) is 0 Å². The second kappa shape index (κ2) is 11.6. The highest BCUT2D eigenvalue weighted by Gasteiger charge is 2.19. The number of carbonyl (C=O) groups is 1. The summed E-state index contributed by atoms with van der Waals surface area (Å²) >= 11 is 0. The average molecular weight is 473 g/mol. The third-order valence-electron chi connectivity index (χ3n) is 6.14. The van der Waals surface area contributed by atoms with Gasteiger partial charge in [0.1, 0.15) is 0 Å². The molecule has 0 aromatic heterocycles. The van der Waals surface area contributed by atoms with Gasteiger partial charge in [0.25, 0.3) is 5.91 Å². The topological polar surface area (TPSA) is 73.0 Å². The van der Waals surface area contributed by atoms with Crippen LogP contribution in [-0.4, -0.2) is 76.5 Å². The van der Waals surface area contributed by atoms with E-state index in [-0.39, 0.29) is 10.8 Å². The Balaban J connectivity index is 1.42. The first-order chi connectivity index (χ1) is 15.8. The Kier molecular flexibility index (Phi) is 8.88. The Morgan fingerprint density at radius 1 is 1.00 bits per heavy atom. The molecule has 8 heteroatoms. The van der Waals surface area contributed by atoms with Gasteiger partial charge in [0, 0.05) is 57.1 Å². The van der Waals surface area contributed by atoms with E-state index in [1.54, 1.807) is 17.0 Å². The number of sulfonamides is 1. The number of rotatable bonds is 10. The van der Waals surface area contributed by atoms with Gasteiger partial charge >= 0.3 is 0 Å². The normalized spacial score (nSPS) is 14.9. The van der Waals surface area contributed by atoms with Crippen LogP contribution in [0.3, 0.4) is 0 Å². The molecule has 0 saturated carbocycles. The Morgan fingerprint density at radius 2 is 1.67 bits per heavy atom. The first-order valence-corrected chi connectivity index (χ1v) is 13.3. The minimum Gasteiger partial charge on any atom is -0.369 e. The largest absolute Gasteiger partial charge is 0.369 e. The number of hydrogen-bond donors (Lipinski definition) is 1. The third-order valence-corrected chi connectivity index (χ3v) is 7.62. The van der Waals surface area contributed by atoms with Gasteiger partial charge in [-0.15, -0.1) is 0 Å². The van der Waals surface area contributed by atoms with Crippen molar-refractivity contribution in [1.29, 1.82) is 0 Å². The SMILES string of the molecule is CCN(CC)C(=O)c1ccc(S(=O)(=O)NCCCN2CCN(c3cccc(C)c3)CC2)cc1. The van der Waals surface area contributed by atoms with E-state index >= 15 is 0 Å². The van der Waals surface area contributed by atoms with E-state index in [4.69, 9.17) is 0 Å². The molecule has 2 aromatic carbocycles. The van der Waals surface area contributed by atoms with Crippen LogP contribution < -0.4 is 9.62 Å². The summed E-state index contributed by atoms with van der Waals surface area (Å²) in [6, 6.07) is 14.8. The number of hydrogen-bond acceptors (Lipinski definition) is 5. The molecule has 3 rings (SSSR count). The molecule has 1 amide bonds. The fraction of sp³-hybridized carbons (Fsp3) is 0.480. The molecular weight excluding hydrogens is 436 g/mol. The molecule has 1 N–H and O–H groups in total. The number of anilines is 1. The molecule has 180 valence electrons. The van der Waals surface area contributed by atoms with Gasteiger partial charge in [-0.05, 0) is 75.7 Å². The maximum absolute atomic E-state index is 12.6. The maximum atomic E-state index is 12.6. The van der Waals surface area contributed by atoms with Gasteiger partial charge in [-0.2, -0.15) is 0 Å². The van der Waals surface area contributed by atoms with Crippen molar-refractivity contribution in [3.63, 3.8) is 0 Å². The zero-order chi connectivity index (χ0) is 23.8. The van der Waals surface area contributed by atoms with Crippen LogP contribution in [0, 0.1) is 6.92 Å². The van der Waals surface area contributed by atoms with E-state index in [0.29, 0.717) is 25.2 Å². The molecule has 7 nitrogen and oxygen atoms in total. The highest BCUT2D eigenvalue weighted by molar-refractivity contribution is 7.89. The molecule has 1 saturated heterocycles. The first-order valence-electron chi connectivity index (χ1n) is 11.8. The lowest BCUT2D eigenvalue weighted by molar-refractivity contribution is 0.0773. The molecular formula is C25H36N4O3S. The summed E-state index contributed by atoms with van der Waals surface area (Å²) < 4.78 is 27.9. The van der Waals surface area contributed by atoms with E-state index < -0.39 is 10.0 Å². The van der Waals surface area contributed by atoms with Gasteiger partial charge in [0.2, 0.25) is 10.0 Å². The Morgan fingerprint density at radius 3 is 2.27 bits per heavy atom. The molecule has 1 aliphatic heterocycles. The highest BCUT2D eigenvalue weighted by Crippen LogP contribution is 2.18. The zero-order valence-corrected chi connectivity index (χ0v) is 20.8. The summed E-state index contributed by atoms with van der Waals surface area (Å²) in [5.41, 5.74) is 3.04. The first kappa shape index (κ1) is 25.2. The van der Waals surface area contributed by atoms with Gasteiger partial charge in [0.05, 0.1) is 4.90 Å². The lowest BCUT2D eigenvalue weighted by Gasteiger charge is -2.36. The Labute approximate surface area is 198 Å². The van der Waals surface area contributed by atoms with Crippen LogP contribution in [-0.2, 0) is 10.0 Å². The number of nitrogens with zero attached hydrogens (tertiary/aromatic N) is 3. The third kappa shape index (κ3) is 6.79. The molecule has 1 heterocycles. The number of carbonyl (C=O) groups excluding carboxylic acids is 1. The summed E-state index contributed by atoms with van der Waals surface area (Å²) in [5.74, 6) is -0.0839. The van der Waals surface area contributed by atoms with Crippen LogP contribution in [0.1, 0.15) is 36.2 Å². The van der Waals surface area contributed by atoms with Crippen LogP contribution in [0.5, 0.6) is 0 Å².